The van der Waals surface area contributed by atoms with Crippen molar-refractivity contribution in [3.05, 3.63) is 72.8 Å². The highest BCUT2D eigenvalue weighted by molar-refractivity contribution is 5.95. The second-order valence-electron chi connectivity index (χ2n) is 4.49. The lowest BCUT2D eigenvalue weighted by atomic mass is 10.0. The quantitative estimate of drug-likeness (QED) is 0.795. The Bertz CT molecular complexity index is 790. The number of rotatable bonds is 4. The number of nitrogens with zero attached hydrogens (tertiary/aromatic N) is 2. The minimum absolute atomic E-state index is 0.0559. The van der Waals surface area contributed by atoms with Crippen molar-refractivity contribution in [2.24, 2.45) is 0 Å². The largest absolute Gasteiger partial charge is 0.476 e. The van der Waals surface area contributed by atoms with E-state index in [0.29, 0.717) is 22.6 Å². The second kappa shape index (κ2) is 6.05. The van der Waals surface area contributed by atoms with Crippen molar-refractivity contribution in [1.82, 2.24) is 9.97 Å². The van der Waals surface area contributed by atoms with Gasteiger partial charge in [-0.1, -0.05) is 18.2 Å². The normalized spacial score (nSPS) is 10.2. The molecule has 22 heavy (non-hydrogen) atoms. The van der Waals surface area contributed by atoms with Crippen molar-refractivity contribution < 1.29 is 14.6 Å². The molecule has 0 saturated heterocycles. The Kier molecular flexibility index (Phi) is 3.78. The summed E-state index contributed by atoms with van der Waals surface area (Å²) in [4.78, 5) is 19.4. The van der Waals surface area contributed by atoms with Crippen molar-refractivity contribution in [2.75, 3.05) is 0 Å². The first kappa shape index (κ1) is 13.8. The van der Waals surface area contributed by atoms with Crippen LogP contribution in [-0.4, -0.2) is 21.0 Å². The fraction of sp³-hybridized carbons (Fsp3) is 0. The Hall–Kier alpha value is -3.21. The summed E-state index contributed by atoms with van der Waals surface area (Å²) in [7, 11) is 0. The molecule has 0 atom stereocenters. The average Bonchev–Trinajstić information content (AvgIpc) is 2.56. The highest BCUT2D eigenvalue weighted by Crippen LogP contribution is 2.34. The van der Waals surface area contributed by atoms with Crippen LogP contribution in [0.4, 0.5) is 0 Å². The lowest BCUT2D eigenvalue weighted by Crippen LogP contribution is -2.04. The zero-order valence-electron chi connectivity index (χ0n) is 11.5. The molecule has 0 saturated carbocycles. The van der Waals surface area contributed by atoms with Crippen LogP contribution in [0.3, 0.4) is 0 Å². The molecule has 0 bridgehead atoms. The first-order valence-corrected chi connectivity index (χ1v) is 6.61. The van der Waals surface area contributed by atoms with E-state index in [4.69, 9.17) is 4.74 Å². The van der Waals surface area contributed by atoms with Crippen LogP contribution in [0.1, 0.15) is 10.5 Å². The standard InChI is InChI=1S/C17H12N2O3/c20-17(21)16-15(12-6-9-18-10-7-12)14(8-11-19-16)22-13-4-2-1-3-5-13/h1-11H,(H,20,21). The minimum Gasteiger partial charge on any atom is -0.476 e. The Balaban J connectivity index is 2.14. The summed E-state index contributed by atoms with van der Waals surface area (Å²) in [5, 5.41) is 9.38. The number of para-hydroxylation sites is 1. The highest BCUT2D eigenvalue weighted by Gasteiger charge is 2.18. The van der Waals surface area contributed by atoms with E-state index < -0.39 is 5.97 Å². The fourth-order valence-corrected chi connectivity index (χ4v) is 2.10. The van der Waals surface area contributed by atoms with Crippen LogP contribution in [0, 0.1) is 0 Å². The molecule has 0 aliphatic rings. The number of benzene rings is 1. The molecule has 5 heteroatoms. The molecule has 5 nitrogen and oxygen atoms in total. The Morgan fingerprint density at radius 1 is 0.955 bits per heavy atom. The number of aromatic carboxylic acids is 1. The maximum atomic E-state index is 11.5. The van der Waals surface area contributed by atoms with E-state index >= 15 is 0 Å². The molecular weight excluding hydrogens is 280 g/mol. The Labute approximate surface area is 126 Å². The van der Waals surface area contributed by atoms with Gasteiger partial charge in [0.05, 0.1) is 5.56 Å². The van der Waals surface area contributed by atoms with Crippen LogP contribution >= 0.6 is 0 Å². The van der Waals surface area contributed by atoms with E-state index in [-0.39, 0.29) is 5.69 Å². The Morgan fingerprint density at radius 3 is 2.36 bits per heavy atom. The SMILES string of the molecule is O=C(O)c1nccc(Oc2ccccc2)c1-c1ccncc1. The van der Waals surface area contributed by atoms with Gasteiger partial charge in [-0.2, -0.15) is 0 Å². The number of hydrogen-bond donors (Lipinski definition) is 1. The fourth-order valence-electron chi connectivity index (χ4n) is 2.10. The molecule has 2 aromatic heterocycles. The van der Waals surface area contributed by atoms with Crippen molar-refractivity contribution in [3.63, 3.8) is 0 Å². The zero-order chi connectivity index (χ0) is 15.4. The average molecular weight is 292 g/mol. The molecule has 0 radical (unpaired) electrons. The summed E-state index contributed by atoms with van der Waals surface area (Å²) in [5.74, 6) is -0.0459. The summed E-state index contributed by atoms with van der Waals surface area (Å²) in [6.07, 6.45) is 4.62. The van der Waals surface area contributed by atoms with Gasteiger partial charge >= 0.3 is 5.97 Å². The van der Waals surface area contributed by atoms with Crippen LogP contribution in [0.25, 0.3) is 11.1 Å². The van der Waals surface area contributed by atoms with Crippen LogP contribution in [0.5, 0.6) is 11.5 Å². The lowest BCUT2D eigenvalue weighted by Gasteiger charge is -2.13. The molecule has 0 spiro atoms. The number of carboxylic acid groups (broad SMARTS) is 1. The number of aromatic nitrogens is 2. The summed E-state index contributed by atoms with van der Waals surface area (Å²) in [6, 6.07) is 14.3. The summed E-state index contributed by atoms with van der Waals surface area (Å²) in [6.45, 7) is 0. The number of carboxylic acids is 1. The topological polar surface area (TPSA) is 72.3 Å². The number of ether oxygens (including phenoxy) is 1. The third-order valence-electron chi connectivity index (χ3n) is 3.06. The molecule has 3 rings (SSSR count). The van der Waals surface area contributed by atoms with E-state index in [9.17, 15) is 9.90 Å². The third-order valence-corrected chi connectivity index (χ3v) is 3.06. The van der Waals surface area contributed by atoms with E-state index in [1.54, 1.807) is 42.7 Å². The van der Waals surface area contributed by atoms with Gasteiger partial charge < -0.3 is 9.84 Å². The Morgan fingerprint density at radius 2 is 1.68 bits per heavy atom. The smallest absolute Gasteiger partial charge is 0.355 e. The molecular formula is C17H12N2O3. The molecule has 1 N–H and O–H groups in total. The van der Waals surface area contributed by atoms with Crippen molar-refractivity contribution >= 4 is 5.97 Å². The van der Waals surface area contributed by atoms with Gasteiger partial charge in [0.1, 0.15) is 11.5 Å². The molecule has 0 fully saturated rings. The van der Waals surface area contributed by atoms with Gasteiger partial charge in [0.25, 0.3) is 0 Å². The van der Waals surface area contributed by atoms with E-state index in [0.717, 1.165) is 0 Å². The van der Waals surface area contributed by atoms with Crippen LogP contribution in [0.15, 0.2) is 67.1 Å². The van der Waals surface area contributed by atoms with E-state index in [2.05, 4.69) is 9.97 Å². The number of carbonyl (C=O) groups is 1. The van der Waals surface area contributed by atoms with E-state index in [1.165, 1.54) is 6.20 Å². The summed E-state index contributed by atoms with van der Waals surface area (Å²) in [5.41, 5.74) is 1.06. The molecule has 2 heterocycles. The van der Waals surface area contributed by atoms with Crippen LogP contribution in [-0.2, 0) is 0 Å². The van der Waals surface area contributed by atoms with Gasteiger partial charge in [-0.25, -0.2) is 9.78 Å². The van der Waals surface area contributed by atoms with Crippen LogP contribution in [0.2, 0.25) is 0 Å². The molecule has 3 aromatic rings. The predicted molar refractivity (Wildman–Crippen MR) is 80.9 cm³/mol. The van der Waals surface area contributed by atoms with Gasteiger partial charge in [-0.05, 0) is 35.9 Å². The molecule has 0 aliphatic heterocycles. The van der Waals surface area contributed by atoms with Gasteiger partial charge in [-0.15, -0.1) is 0 Å². The maximum Gasteiger partial charge on any atom is 0.355 e. The van der Waals surface area contributed by atoms with Gasteiger partial charge in [0, 0.05) is 18.6 Å². The molecule has 1 aromatic carbocycles. The maximum absolute atomic E-state index is 11.5. The minimum atomic E-state index is -1.11. The monoisotopic (exact) mass is 292 g/mol. The summed E-state index contributed by atoms with van der Waals surface area (Å²) >= 11 is 0. The zero-order valence-corrected chi connectivity index (χ0v) is 11.5. The predicted octanol–water partition coefficient (Wildman–Crippen LogP) is 3.63. The molecule has 0 aliphatic carbocycles. The number of hydrogen-bond acceptors (Lipinski definition) is 4. The lowest BCUT2D eigenvalue weighted by molar-refractivity contribution is 0.0691. The third kappa shape index (κ3) is 2.78. The van der Waals surface area contributed by atoms with Crippen molar-refractivity contribution in [3.8, 4) is 22.6 Å². The molecule has 0 amide bonds. The van der Waals surface area contributed by atoms with Gasteiger partial charge in [0.15, 0.2) is 5.69 Å². The van der Waals surface area contributed by atoms with E-state index in [1.807, 2.05) is 18.2 Å². The second-order valence-corrected chi connectivity index (χ2v) is 4.49. The van der Waals surface area contributed by atoms with Gasteiger partial charge in [-0.3, -0.25) is 4.98 Å². The van der Waals surface area contributed by atoms with Gasteiger partial charge in [0.2, 0.25) is 0 Å². The molecule has 108 valence electrons. The summed E-state index contributed by atoms with van der Waals surface area (Å²) < 4.78 is 5.83. The first-order valence-electron chi connectivity index (χ1n) is 6.61. The highest BCUT2D eigenvalue weighted by atomic mass is 16.5. The van der Waals surface area contributed by atoms with Crippen LogP contribution < -0.4 is 4.74 Å². The van der Waals surface area contributed by atoms with Crippen molar-refractivity contribution in [1.29, 1.82) is 0 Å². The molecule has 0 unspecified atom stereocenters. The van der Waals surface area contributed by atoms with Crippen molar-refractivity contribution in [2.45, 2.75) is 0 Å². The first-order chi connectivity index (χ1) is 10.8. The number of pyridine rings is 2.